The van der Waals surface area contributed by atoms with E-state index in [-0.39, 0.29) is 29.7 Å². The number of ketones is 1. The molecule has 1 saturated heterocycles. The van der Waals surface area contributed by atoms with Crippen molar-refractivity contribution >= 4 is 17.4 Å². The maximum Gasteiger partial charge on any atom is 0.253 e. The number of aliphatic hydroxyl groups excluding tert-OH is 2. The number of morpholine rings is 1. The average Bonchev–Trinajstić information content (AvgIpc) is 2.96. The van der Waals surface area contributed by atoms with Crippen molar-refractivity contribution in [2.45, 2.75) is 31.2 Å². The third-order valence-electron chi connectivity index (χ3n) is 9.78. The number of carbonyl (C=O) groups is 2. The Kier molecular flexibility index (Phi) is 7.90. The van der Waals surface area contributed by atoms with Crippen LogP contribution in [0.15, 0.2) is 47.2 Å². The molecule has 4 atom stereocenters. The van der Waals surface area contributed by atoms with Crippen LogP contribution < -0.4 is 10.5 Å². The molecule has 1 saturated carbocycles. The Labute approximate surface area is 260 Å². The normalized spacial score (nSPS) is 26.4. The second-order valence-electron chi connectivity index (χ2n) is 12.6. The highest BCUT2D eigenvalue weighted by atomic mass is 16.5. The Morgan fingerprint density at radius 1 is 1.11 bits per heavy atom. The number of allylic oxidation sites excluding steroid dienone is 1. The molecule has 0 bridgehead atoms. The molecular weight excluding hydrogens is 582 g/mol. The van der Waals surface area contributed by atoms with Gasteiger partial charge in [0.1, 0.15) is 28.6 Å². The van der Waals surface area contributed by atoms with Gasteiger partial charge in [-0.2, -0.15) is 0 Å². The molecule has 240 valence electrons. The number of aromatic hydroxyl groups is 1. The van der Waals surface area contributed by atoms with E-state index in [2.05, 4.69) is 4.90 Å². The third kappa shape index (κ3) is 4.97. The van der Waals surface area contributed by atoms with E-state index in [1.54, 1.807) is 32.2 Å². The van der Waals surface area contributed by atoms with Crippen LogP contribution in [0, 0.1) is 17.8 Å². The predicted molar refractivity (Wildman–Crippen MR) is 163 cm³/mol. The Morgan fingerprint density at radius 3 is 2.47 bits per heavy atom. The quantitative estimate of drug-likeness (QED) is 0.257. The topological polar surface area (TPSA) is 186 Å². The van der Waals surface area contributed by atoms with Crippen LogP contribution in [0.25, 0.3) is 16.9 Å². The lowest BCUT2D eigenvalue weighted by molar-refractivity contribution is -0.203. The lowest BCUT2D eigenvalue weighted by Gasteiger charge is -2.51. The summed E-state index contributed by atoms with van der Waals surface area (Å²) in [6.45, 7) is 3.68. The number of phenolic OH excluding ortho intramolecular Hbond substituents is 1. The number of primary amides is 1. The van der Waals surface area contributed by atoms with Gasteiger partial charge in [-0.15, -0.1) is 0 Å². The molecule has 3 unspecified atom stereocenters. The third-order valence-corrected chi connectivity index (χ3v) is 9.78. The largest absolute Gasteiger partial charge is 0.510 e. The van der Waals surface area contributed by atoms with E-state index in [1.807, 2.05) is 18.2 Å². The smallest absolute Gasteiger partial charge is 0.253 e. The number of amides is 1. The minimum Gasteiger partial charge on any atom is -0.510 e. The van der Waals surface area contributed by atoms with Gasteiger partial charge in [0, 0.05) is 30.8 Å². The number of aliphatic hydroxyl groups is 4. The highest BCUT2D eigenvalue weighted by Crippen LogP contribution is 2.54. The van der Waals surface area contributed by atoms with Crippen LogP contribution >= 0.6 is 0 Å². The van der Waals surface area contributed by atoms with Crippen molar-refractivity contribution in [1.82, 2.24) is 9.80 Å². The van der Waals surface area contributed by atoms with Gasteiger partial charge in [-0.1, -0.05) is 12.1 Å². The summed E-state index contributed by atoms with van der Waals surface area (Å²) in [6.07, 6.45) is 0.405. The summed E-state index contributed by atoms with van der Waals surface area (Å²) < 4.78 is 11.2. The SMILES string of the molecule is COc1ccc(CN2CCOCC2)cc1-c1ccc(O)c2c1CC1CC3C(C(=O)C1=C2O)C(O)(O)C(C(N)=O)=C(O)[C@H]3N(C)C. The van der Waals surface area contributed by atoms with E-state index < -0.39 is 58.4 Å². The van der Waals surface area contributed by atoms with Crippen molar-refractivity contribution in [2.24, 2.45) is 23.5 Å². The van der Waals surface area contributed by atoms with Crippen molar-refractivity contribution in [3.63, 3.8) is 0 Å². The summed E-state index contributed by atoms with van der Waals surface area (Å²) >= 11 is 0. The number of benzene rings is 2. The van der Waals surface area contributed by atoms with Crippen LogP contribution in [0.1, 0.15) is 23.1 Å². The number of rotatable bonds is 6. The molecule has 2 fully saturated rings. The molecule has 12 nitrogen and oxygen atoms in total. The first-order valence-corrected chi connectivity index (χ1v) is 15.0. The Hall–Kier alpha value is -3.94. The molecule has 12 heteroatoms. The lowest BCUT2D eigenvalue weighted by atomic mass is 9.57. The zero-order chi connectivity index (χ0) is 32.4. The van der Waals surface area contributed by atoms with Gasteiger partial charge in [-0.3, -0.25) is 19.4 Å². The number of phenols is 1. The summed E-state index contributed by atoms with van der Waals surface area (Å²) in [5, 5.41) is 56.1. The van der Waals surface area contributed by atoms with Crippen LogP contribution in [0.3, 0.4) is 0 Å². The number of hydrogen-bond acceptors (Lipinski definition) is 11. The van der Waals surface area contributed by atoms with E-state index >= 15 is 0 Å². The molecule has 1 heterocycles. The molecule has 1 amide bonds. The van der Waals surface area contributed by atoms with Crippen LogP contribution in [-0.4, -0.2) is 106 Å². The van der Waals surface area contributed by atoms with Crippen LogP contribution in [0.4, 0.5) is 0 Å². The molecular formula is C33H39N3O9. The van der Waals surface area contributed by atoms with Gasteiger partial charge in [-0.25, -0.2) is 0 Å². The molecule has 4 aliphatic rings. The van der Waals surface area contributed by atoms with E-state index in [0.717, 1.165) is 24.2 Å². The number of nitrogens with two attached hydrogens (primary N) is 1. The standard InChI is InChI=1S/C33H39N3O9/c1-35(2)28-21-14-17-13-20-18(19-12-16(4-7-23(19)44-3)15-36-8-10-45-11-9-36)5-6-22(37)25(20)29(38)24(17)30(39)26(21)33(42,43)27(31(28)40)32(34)41/h4-7,12,17,21,26,28,37-38,40,42-43H,8-11,13-15H2,1-3H3,(H2,34,41)/t17?,21?,26?,28-/m0/s1. The minimum atomic E-state index is -3.07. The molecule has 2 aromatic rings. The van der Waals surface area contributed by atoms with E-state index in [4.69, 9.17) is 15.2 Å². The van der Waals surface area contributed by atoms with Crippen molar-refractivity contribution in [2.75, 3.05) is 47.5 Å². The first-order valence-electron chi connectivity index (χ1n) is 15.0. The molecule has 0 spiro atoms. The molecule has 0 aromatic heterocycles. The highest BCUT2D eigenvalue weighted by Gasteiger charge is 2.62. The van der Waals surface area contributed by atoms with Crippen LogP contribution in [0.5, 0.6) is 11.5 Å². The Balaban J connectivity index is 1.47. The number of Topliss-reactive ketones (excluding diaryl/α,β-unsaturated/α-hetero) is 1. The van der Waals surface area contributed by atoms with Crippen molar-refractivity contribution in [3.05, 3.63) is 63.9 Å². The number of likely N-dealkylation sites (N-methyl/N-ethyl adjacent to an activating group) is 1. The summed E-state index contributed by atoms with van der Waals surface area (Å²) in [5.41, 5.74) is 7.76. The number of ether oxygens (including phenoxy) is 2. The van der Waals surface area contributed by atoms with Gasteiger partial charge in [-0.05, 0) is 73.7 Å². The summed E-state index contributed by atoms with van der Waals surface area (Å²) in [6, 6.07) is 8.22. The maximum absolute atomic E-state index is 14.1. The van der Waals surface area contributed by atoms with Gasteiger partial charge in [0.25, 0.3) is 5.91 Å². The molecule has 6 rings (SSSR count). The maximum atomic E-state index is 14.1. The number of nitrogens with zero attached hydrogens (tertiary/aromatic N) is 2. The zero-order valence-corrected chi connectivity index (χ0v) is 25.5. The fourth-order valence-corrected chi connectivity index (χ4v) is 7.89. The Bertz CT molecular complexity index is 1620. The van der Waals surface area contributed by atoms with E-state index in [9.17, 15) is 35.1 Å². The van der Waals surface area contributed by atoms with E-state index in [1.165, 1.54) is 6.07 Å². The summed E-state index contributed by atoms with van der Waals surface area (Å²) in [5.74, 6) is -8.82. The van der Waals surface area contributed by atoms with Gasteiger partial charge in [0.15, 0.2) is 5.78 Å². The molecule has 45 heavy (non-hydrogen) atoms. The van der Waals surface area contributed by atoms with Crippen molar-refractivity contribution in [3.8, 4) is 22.6 Å². The van der Waals surface area contributed by atoms with Crippen LogP contribution in [-0.2, 0) is 27.3 Å². The first-order chi connectivity index (χ1) is 21.4. The number of carbonyl (C=O) groups excluding carboxylic acids is 2. The second kappa shape index (κ2) is 11.5. The highest BCUT2D eigenvalue weighted by molar-refractivity contribution is 6.08. The average molecular weight is 622 g/mol. The van der Waals surface area contributed by atoms with Crippen molar-refractivity contribution in [1.29, 1.82) is 0 Å². The van der Waals surface area contributed by atoms with Gasteiger partial charge in [0.05, 0.1) is 37.8 Å². The fraction of sp³-hybridized carbons (Fsp3) is 0.455. The van der Waals surface area contributed by atoms with Crippen LogP contribution in [0.2, 0.25) is 0 Å². The van der Waals surface area contributed by atoms with Crippen molar-refractivity contribution < 1.29 is 44.6 Å². The van der Waals surface area contributed by atoms with Gasteiger partial charge in [0.2, 0.25) is 5.79 Å². The number of fused-ring (bicyclic) bond motifs is 3. The number of methoxy groups -OCH3 is 1. The summed E-state index contributed by atoms with van der Waals surface area (Å²) in [4.78, 5) is 30.3. The number of hydrogen-bond donors (Lipinski definition) is 6. The summed E-state index contributed by atoms with van der Waals surface area (Å²) in [7, 11) is 4.87. The molecule has 3 aliphatic carbocycles. The molecule has 1 aliphatic heterocycles. The lowest BCUT2D eigenvalue weighted by Crippen LogP contribution is -2.62. The fourth-order valence-electron chi connectivity index (χ4n) is 7.89. The monoisotopic (exact) mass is 621 g/mol. The first kappa shape index (κ1) is 31.1. The van der Waals surface area contributed by atoms with Gasteiger partial charge < -0.3 is 40.7 Å². The Morgan fingerprint density at radius 2 is 1.82 bits per heavy atom. The second-order valence-corrected chi connectivity index (χ2v) is 12.6. The minimum absolute atomic E-state index is 0.0561. The van der Waals surface area contributed by atoms with Gasteiger partial charge >= 0.3 is 0 Å². The zero-order valence-electron chi connectivity index (χ0n) is 25.5. The molecule has 0 radical (unpaired) electrons. The van der Waals surface area contributed by atoms with E-state index in [0.29, 0.717) is 36.6 Å². The molecule has 2 aromatic carbocycles. The molecule has 7 N–H and O–H groups in total. The predicted octanol–water partition coefficient (Wildman–Crippen LogP) is 1.47.